The summed E-state index contributed by atoms with van der Waals surface area (Å²) < 4.78 is 13.7. The minimum atomic E-state index is -0.341. The van der Waals surface area contributed by atoms with Crippen LogP contribution in [0, 0.1) is 5.82 Å². The van der Waals surface area contributed by atoms with Gasteiger partial charge in [-0.2, -0.15) is 0 Å². The smallest absolute Gasteiger partial charge is 0.255 e. The van der Waals surface area contributed by atoms with Gasteiger partial charge in [0.2, 0.25) is 5.13 Å². The number of benzene rings is 2. The third kappa shape index (κ3) is 4.30. The fourth-order valence-electron chi connectivity index (χ4n) is 1.91. The van der Waals surface area contributed by atoms with Crippen LogP contribution >= 0.6 is 23.1 Å². The van der Waals surface area contributed by atoms with Gasteiger partial charge in [0.25, 0.3) is 5.91 Å². The molecule has 0 aliphatic heterocycles. The second-order valence-electron chi connectivity index (χ2n) is 4.85. The van der Waals surface area contributed by atoms with E-state index in [1.54, 1.807) is 23.9 Å². The Morgan fingerprint density at radius 3 is 2.46 bits per heavy atom. The summed E-state index contributed by atoms with van der Waals surface area (Å²) >= 11 is 2.89. The average Bonchev–Trinajstić information content (AvgIpc) is 3.01. The van der Waals surface area contributed by atoms with E-state index in [0.717, 1.165) is 9.90 Å². The predicted octanol–water partition coefficient (Wildman–Crippen LogP) is 3.80. The van der Waals surface area contributed by atoms with Gasteiger partial charge in [0, 0.05) is 17.0 Å². The molecule has 3 aromatic rings. The van der Waals surface area contributed by atoms with Gasteiger partial charge < -0.3 is 11.1 Å². The molecule has 1 heterocycles. The molecule has 8 heteroatoms. The molecule has 0 spiro atoms. The minimum Gasteiger partial charge on any atom is -0.374 e. The van der Waals surface area contributed by atoms with Crippen molar-refractivity contribution in [3.8, 4) is 0 Å². The number of nitrogens with one attached hydrogen (secondary N) is 1. The van der Waals surface area contributed by atoms with Gasteiger partial charge in [0.05, 0.1) is 0 Å². The van der Waals surface area contributed by atoms with Crippen LogP contribution < -0.4 is 11.1 Å². The van der Waals surface area contributed by atoms with Gasteiger partial charge in [-0.05, 0) is 42.0 Å². The molecule has 3 rings (SSSR count). The number of thioether (sulfide) groups is 1. The van der Waals surface area contributed by atoms with E-state index in [1.807, 2.05) is 12.1 Å². The zero-order chi connectivity index (χ0) is 16.9. The Balaban J connectivity index is 1.59. The van der Waals surface area contributed by atoms with Gasteiger partial charge in [-0.15, -0.1) is 10.2 Å². The van der Waals surface area contributed by atoms with E-state index < -0.39 is 0 Å². The fraction of sp³-hybridized carbons (Fsp3) is 0.0625. The molecule has 122 valence electrons. The molecular weight excluding hydrogens is 347 g/mol. The SMILES string of the molecule is Nc1nnc(SCc2ccc(C(=O)Nc3ccc(F)cc3)cc2)s1. The number of nitrogen functional groups attached to an aromatic ring is 1. The molecule has 0 aliphatic rings. The zero-order valence-corrected chi connectivity index (χ0v) is 14.0. The number of anilines is 2. The first-order valence-electron chi connectivity index (χ1n) is 6.98. The number of hydrogen-bond acceptors (Lipinski definition) is 6. The number of carbonyl (C=O) groups excluding carboxylic acids is 1. The van der Waals surface area contributed by atoms with E-state index in [0.29, 0.717) is 22.1 Å². The summed E-state index contributed by atoms with van der Waals surface area (Å²) in [6.07, 6.45) is 0. The maximum atomic E-state index is 12.9. The molecule has 0 saturated heterocycles. The van der Waals surface area contributed by atoms with Gasteiger partial charge in [-0.1, -0.05) is 35.2 Å². The van der Waals surface area contributed by atoms with Crippen LogP contribution in [0.15, 0.2) is 52.9 Å². The highest BCUT2D eigenvalue weighted by atomic mass is 32.2. The highest BCUT2D eigenvalue weighted by Gasteiger charge is 2.07. The highest BCUT2D eigenvalue weighted by molar-refractivity contribution is 8.00. The van der Waals surface area contributed by atoms with Crippen LogP contribution in [-0.2, 0) is 5.75 Å². The Bertz CT molecular complexity index is 834. The third-order valence-electron chi connectivity index (χ3n) is 3.10. The first-order valence-corrected chi connectivity index (χ1v) is 8.78. The molecule has 1 amide bonds. The lowest BCUT2D eigenvalue weighted by Gasteiger charge is -2.06. The molecule has 5 nitrogen and oxygen atoms in total. The van der Waals surface area contributed by atoms with Crippen molar-refractivity contribution >= 4 is 39.8 Å². The van der Waals surface area contributed by atoms with Crippen LogP contribution in [0.5, 0.6) is 0 Å². The van der Waals surface area contributed by atoms with Crippen LogP contribution in [0.3, 0.4) is 0 Å². The summed E-state index contributed by atoms with van der Waals surface area (Å²) in [6.45, 7) is 0. The lowest BCUT2D eigenvalue weighted by Crippen LogP contribution is -2.11. The maximum Gasteiger partial charge on any atom is 0.255 e. The van der Waals surface area contributed by atoms with Crippen molar-refractivity contribution in [3.05, 3.63) is 65.5 Å². The number of halogens is 1. The van der Waals surface area contributed by atoms with E-state index >= 15 is 0 Å². The molecule has 0 fully saturated rings. The Morgan fingerprint density at radius 1 is 1.12 bits per heavy atom. The highest BCUT2D eigenvalue weighted by Crippen LogP contribution is 2.26. The molecule has 0 unspecified atom stereocenters. The summed E-state index contributed by atoms with van der Waals surface area (Å²) in [7, 11) is 0. The summed E-state index contributed by atoms with van der Waals surface area (Å²) in [4.78, 5) is 12.2. The van der Waals surface area contributed by atoms with Gasteiger partial charge in [0.15, 0.2) is 4.34 Å². The van der Waals surface area contributed by atoms with E-state index in [1.165, 1.54) is 35.6 Å². The van der Waals surface area contributed by atoms with Crippen molar-refractivity contribution in [2.24, 2.45) is 0 Å². The largest absolute Gasteiger partial charge is 0.374 e. The van der Waals surface area contributed by atoms with Crippen LogP contribution in [0.1, 0.15) is 15.9 Å². The van der Waals surface area contributed by atoms with Crippen molar-refractivity contribution in [2.45, 2.75) is 10.1 Å². The first kappa shape index (κ1) is 16.4. The molecule has 0 atom stereocenters. The molecule has 2 aromatic carbocycles. The van der Waals surface area contributed by atoms with Crippen LogP contribution in [0.4, 0.5) is 15.2 Å². The van der Waals surface area contributed by atoms with Crippen LogP contribution in [-0.4, -0.2) is 16.1 Å². The molecular formula is C16H13FN4OS2. The van der Waals surface area contributed by atoms with Crippen molar-refractivity contribution in [1.82, 2.24) is 10.2 Å². The summed E-state index contributed by atoms with van der Waals surface area (Å²) in [5, 5.41) is 10.9. The lowest BCUT2D eigenvalue weighted by atomic mass is 10.1. The first-order chi connectivity index (χ1) is 11.6. The number of carbonyl (C=O) groups is 1. The molecule has 0 aliphatic carbocycles. The van der Waals surface area contributed by atoms with Crippen molar-refractivity contribution in [2.75, 3.05) is 11.1 Å². The van der Waals surface area contributed by atoms with Gasteiger partial charge in [-0.3, -0.25) is 4.79 Å². The Kier molecular flexibility index (Phi) is 5.07. The number of amides is 1. The van der Waals surface area contributed by atoms with E-state index in [2.05, 4.69) is 15.5 Å². The number of nitrogens with zero attached hydrogens (tertiary/aromatic N) is 2. The van der Waals surface area contributed by atoms with Gasteiger partial charge in [-0.25, -0.2) is 4.39 Å². The topological polar surface area (TPSA) is 80.9 Å². The monoisotopic (exact) mass is 360 g/mol. The van der Waals surface area contributed by atoms with Crippen molar-refractivity contribution < 1.29 is 9.18 Å². The second-order valence-corrected chi connectivity index (χ2v) is 7.08. The normalized spacial score (nSPS) is 10.5. The van der Waals surface area contributed by atoms with Crippen LogP contribution in [0.2, 0.25) is 0 Å². The predicted molar refractivity (Wildman–Crippen MR) is 94.7 cm³/mol. The summed E-state index contributed by atoms with van der Waals surface area (Å²) in [5.41, 5.74) is 7.69. The number of rotatable bonds is 5. The molecule has 24 heavy (non-hydrogen) atoms. The quantitative estimate of drug-likeness (QED) is 0.676. The maximum absolute atomic E-state index is 12.9. The van der Waals surface area contributed by atoms with Crippen molar-refractivity contribution in [1.29, 1.82) is 0 Å². The number of nitrogens with two attached hydrogens (primary N) is 1. The molecule has 0 saturated carbocycles. The molecule has 0 bridgehead atoms. The van der Waals surface area contributed by atoms with E-state index in [-0.39, 0.29) is 11.7 Å². The molecule has 0 radical (unpaired) electrons. The van der Waals surface area contributed by atoms with Crippen LogP contribution in [0.25, 0.3) is 0 Å². The Labute approximate surface area is 146 Å². The number of hydrogen-bond donors (Lipinski definition) is 2. The third-order valence-corrected chi connectivity index (χ3v) is 5.06. The average molecular weight is 360 g/mol. The zero-order valence-electron chi connectivity index (χ0n) is 12.4. The molecule has 1 aromatic heterocycles. The Hall–Kier alpha value is -2.45. The standard InChI is InChI=1S/C16H13FN4OS2/c17-12-5-7-13(8-6-12)19-14(22)11-3-1-10(2-4-11)9-23-16-21-20-15(18)24-16/h1-8H,9H2,(H2,18,20)(H,19,22). The fourth-order valence-corrected chi connectivity index (χ4v) is 3.50. The summed E-state index contributed by atoms with van der Waals surface area (Å²) in [6, 6.07) is 12.9. The second kappa shape index (κ2) is 7.41. The van der Waals surface area contributed by atoms with Crippen molar-refractivity contribution in [3.63, 3.8) is 0 Å². The van der Waals surface area contributed by atoms with E-state index in [9.17, 15) is 9.18 Å². The number of aromatic nitrogens is 2. The van der Waals surface area contributed by atoms with Gasteiger partial charge >= 0.3 is 0 Å². The van der Waals surface area contributed by atoms with Gasteiger partial charge in [0.1, 0.15) is 5.82 Å². The van der Waals surface area contributed by atoms with E-state index in [4.69, 9.17) is 5.73 Å². The lowest BCUT2D eigenvalue weighted by molar-refractivity contribution is 0.102. The summed E-state index contributed by atoms with van der Waals surface area (Å²) in [5.74, 6) is 0.138. The molecule has 3 N–H and O–H groups in total. The minimum absolute atomic E-state index is 0.238. The Morgan fingerprint density at radius 2 is 1.83 bits per heavy atom.